The third kappa shape index (κ3) is 9.20. The van der Waals surface area contributed by atoms with Gasteiger partial charge in [0.1, 0.15) is 0 Å². The van der Waals surface area contributed by atoms with Crippen molar-refractivity contribution in [3.8, 4) is 0 Å². The lowest BCUT2D eigenvalue weighted by molar-refractivity contribution is 0.0827. The number of aliphatic imine (C=N–C) groups is 1. The Hall–Kier alpha value is -1.35. The van der Waals surface area contributed by atoms with E-state index in [0.717, 1.165) is 61.5 Å². The van der Waals surface area contributed by atoms with Crippen LogP contribution in [-0.2, 0) is 6.42 Å². The molecule has 2 rings (SSSR count). The molecule has 0 spiro atoms. The van der Waals surface area contributed by atoms with Crippen LogP contribution in [0.15, 0.2) is 29.3 Å². The van der Waals surface area contributed by atoms with Gasteiger partial charge < -0.3 is 20.4 Å². The molecule has 6 nitrogen and oxygen atoms in total. The van der Waals surface area contributed by atoms with E-state index in [1.807, 2.05) is 18.2 Å². The number of guanidine groups is 1. The summed E-state index contributed by atoms with van der Waals surface area (Å²) in [5.74, 6) is 2.47. The van der Waals surface area contributed by atoms with Gasteiger partial charge in [-0.1, -0.05) is 26.0 Å². The molecule has 0 radical (unpaired) electrons. The molecule has 1 heterocycles. The summed E-state index contributed by atoms with van der Waals surface area (Å²) in [7, 11) is 3.56. The van der Waals surface area contributed by atoms with Gasteiger partial charge in [0.2, 0.25) is 0 Å². The number of hydrogen-bond donors (Lipinski definition) is 2. The molecule has 1 aromatic rings. The summed E-state index contributed by atoms with van der Waals surface area (Å²) in [6, 6.07) is 7.86. The standard InChI is InChI=1S/C23H39N5O.HI/c1-6-24-23(26-12-13-28-16-18(2)14-19(3)17-28)25-11-10-20-8-7-9-21(15-20)22(29)27(4)5;/h7-9,15,18-19H,6,10-14,16-17H2,1-5H3,(H2,24,25,26);1H. The minimum Gasteiger partial charge on any atom is -0.357 e. The Kier molecular flexibility index (Phi) is 12.3. The largest absolute Gasteiger partial charge is 0.357 e. The number of carbonyl (C=O) groups excluding carboxylic acids is 1. The van der Waals surface area contributed by atoms with Gasteiger partial charge in [0.15, 0.2) is 5.96 Å². The highest BCUT2D eigenvalue weighted by Crippen LogP contribution is 2.20. The summed E-state index contributed by atoms with van der Waals surface area (Å²) < 4.78 is 0. The van der Waals surface area contributed by atoms with Crippen LogP contribution in [0.5, 0.6) is 0 Å². The summed E-state index contributed by atoms with van der Waals surface area (Å²) in [6.45, 7) is 12.6. The smallest absolute Gasteiger partial charge is 0.253 e. The molecule has 0 saturated carbocycles. The Morgan fingerprint density at radius 1 is 1.20 bits per heavy atom. The second kappa shape index (κ2) is 13.9. The summed E-state index contributed by atoms with van der Waals surface area (Å²) in [5.41, 5.74) is 1.88. The Bertz CT molecular complexity index is 669. The van der Waals surface area contributed by atoms with E-state index in [1.165, 1.54) is 19.5 Å². The average molecular weight is 530 g/mol. The van der Waals surface area contributed by atoms with Gasteiger partial charge in [-0.2, -0.15) is 0 Å². The van der Waals surface area contributed by atoms with Crippen LogP contribution in [0.25, 0.3) is 0 Å². The van der Waals surface area contributed by atoms with Gasteiger partial charge in [-0.25, -0.2) is 0 Å². The van der Waals surface area contributed by atoms with Crippen molar-refractivity contribution in [1.82, 2.24) is 20.4 Å². The van der Waals surface area contributed by atoms with E-state index in [1.54, 1.807) is 19.0 Å². The molecule has 2 atom stereocenters. The lowest BCUT2D eigenvalue weighted by Crippen LogP contribution is -2.41. The van der Waals surface area contributed by atoms with Crippen LogP contribution >= 0.6 is 24.0 Å². The Labute approximate surface area is 199 Å². The molecule has 1 aliphatic heterocycles. The molecular weight excluding hydrogens is 489 g/mol. The van der Waals surface area contributed by atoms with E-state index < -0.39 is 0 Å². The quantitative estimate of drug-likeness (QED) is 0.309. The van der Waals surface area contributed by atoms with Crippen molar-refractivity contribution in [2.45, 2.75) is 33.6 Å². The van der Waals surface area contributed by atoms with Crippen LogP contribution in [0.3, 0.4) is 0 Å². The first-order valence-electron chi connectivity index (χ1n) is 10.9. The predicted octanol–water partition coefficient (Wildman–Crippen LogP) is 3.08. The first-order chi connectivity index (χ1) is 13.9. The number of benzene rings is 1. The van der Waals surface area contributed by atoms with E-state index in [-0.39, 0.29) is 29.9 Å². The summed E-state index contributed by atoms with van der Waals surface area (Å²) in [4.78, 5) is 21.0. The maximum absolute atomic E-state index is 12.1. The van der Waals surface area contributed by atoms with Crippen molar-refractivity contribution >= 4 is 35.8 Å². The minimum atomic E-state index is 0. The number of rotatable bonds is 8. The number of nitrogens with zero attached hydrogens (tertiary/aromatic N) is 3. The molecule has 30 heavy (non-hydrogen) atoms. The zero-order chi connectivity index (χ0) is 21.2. The van der Waals surface area contributed by atoms with E-state index >= 15 is 0 Å². The molecule has 2 unspecified atom stereocenters. The van der Waals surface area contributed by atoms with Crippen molar-refractivity contribution in [3.05, 3.63) is 35.4 Å². The van der Waals surface area contributed by atoms with Gasteiger partial charge in [-0.15, -0.1) is 24.0 Å². The molecule has 1 amide bonds. The molecule has 0 bridgehead atoms. The number of amides is 1. The van der Waals surface area contributed by atoms with Crippen molar-refractivity contribution in [3.63, 3.8) is 0 Å². The SMILES string of the molecule is CCNC(=NCCN1CC(C)CC(C)C1)NCCc1cccc(C(=O)N(C)C)c1.I. The fraction of sp³-hybridized carbons (Fsp3) is 0.652. The van der Waals surface area contributed by atoms with Crippen LogP contribution < -0.4 is 10.6 Å². The Balaban J connectivity index is 0.00000450. The fourth-order valence-electron chi connectivity index (χ4n) is 4.06. The summed E-state index contributed by atoms with van der Waals surface area (Å²) >= 11 is 0. The van der Waals surface area contributed by atoms with Crippen molar-refractivity contribution in [1.29, 1.82) is 0 Å². The fourth-order valence-corrected chi connectivity index (χ4v) is 4.06. The Morgan fingerprint density at radius 3 is 2.53 bits per heavy atom. The highest BCUT2D eigenvalue weighted by molar-refractivity contribution is 14.0. The van der Waals surface area contributed by atoms with Gasteiger partial charge in [-0.3, -0.25) is 9.79 Å². The van der Waals surface area contributed by atoms with Gasteiger partial charge in [0.25, 0.3) is 5.91 Å². The van der Waals surface area contributed by atoms with Crippen LogP contribution in [0.2, 0.25) is 0 Å². The van der Waals surface area contributed by atoms with Crippen molar-refractivity contribution in [2.75, 3.05) is 53.4 Å². The topological polar surface area (TPSA) is 60.0 Å². The zero-order valence-electron chi connectivity index (χ0n) is 19.3. The molecule has 2 N–H and O–H groups in total. The van der Waals surface area contributed by atoms with Crippen LogP contribution in [0.1, 0.15) is 43.1 Å². The van der Waals surface area contributed by atoms with E-state index in [4.69, 9.17) is 4.99 Å². The normalized spacial score (nSPS) is 19.7. The molecule has 0 aliphatic carbocycles. The monoisotopic (exact) mass is 529 g/mol. The third-order valence-corrected chi connectivity index (χ3v) is 5.26. The molecule has 170 valence electrons. The minimum absolute atomic E-state index is 0. The number of carbonyl (C=O) groups is 1. The molecule has 1 saturated heterocycles. The summed E-state index contributed by atoms with van der Waals surface area (Å²) in [5, 5.41) is 6.75. The number of likely N-dealkylation sites (tertiary alicyclic amines) is 1. The van der Waals surface area contributed by atoms with Crippen molar-refractivity contribution in [2.24, 2.45) is 16.8 Å². The van der Waals surface area contributed by atoms with E-state index in [0.29, 0.717) is 0 Å². The highest BCUT2D eigenvalue weighted by atomic mass is 127. The molecule has 0 aromatic heterocycles. The Morgan fingerprint density at radius 2 is 1.90 bits per heavy atom. The second-order valence-electron chi connectivity index (χ2n) is 8.54. The lowest BCUT2D eigenvalue weighted by Gasteiger charge is -2.34. The number of nitrogens with one attached hydrogen (secondary N) is 2. The second-order valence-corrected chi connectivity index (χ2v) is 8.54. The van der Waals surface area contributed by atoms with E-state index in [2.05, 4.69) is 42.4 Å². The maximum Gasteiger partial charge on any atom is 0.253 e. The average Bonchev–Trinajstić information content (AvgIpc) is 2.67. The van der Waals surface area contributed by atoms with Gasteiger partial charge in [-0.05, 0) is 49.3 Å². The van der Waals surface area contributed by atoms with Crippen LogP contribution in [0, 0.1) is 11.8 Å². The highest BCUT2D eigenvalue weighted by Gasteiger charge is 2.21. The maximum atomic E-state index is 12.1. The predicted molar refractivity (Wildman–Crippen MR) is 137 cm³/mol. The van der Waals surface area contributed by atoms with Gasteiger partial charge >= 0.3 is 0 Å². The zero-order valence-corrected chi connectivity index (χ0v) is 21.6. The van der Waals surface area contributed by atoms with Crippen molar-refractivity contribution < 1.29 is 4.79 Å². The van der Waals surface area contributed by atoms with Gasteiger partial charge in [0.05, 0.1) is 6.54 Å². The molecule has 1 aromatic carbocycles. The lowest BCUT2D eigenvalue weighted by atomic mass is 9.92. The number of piperidine rings is 1. The molecule has 7 heteroatoms. The van der Waals surface area contributed by atoms with E-state index in [9.17, 15) is 4.79 Å². The molecule has 1 aliphatic rings. The summed E-state index contributed by atoms with van der Waals surface area (Å²) in [6.07, 6.45) is 2.19. The van der Waals surface area contributed by atoms with Crippen LogP contribution in [0.4, 0.5) is 0 Å². The van der Waals surface area contributed by atoms with Crippen LogP contribution in [-0.4, -0.2) is 75.0 Å². The molecular formula is C23H40IN5O. The molecule has 1 fully saturated rings. The third-order valence-electron chi connectivity index (χ3n) is 5.26. The number of halogens is 1. The number of hydrogen-bond acceptors (Lipinski definition) is 3. The first kappa shape index (κ1) is 26.7. The first-order valence-corrected chi connectivity index (χ1v) is 10.9. The van der Waals surface area contributed by atoms with Gasteiger partial charge in [0, 0.05) is 52.4 Å².